The fourth-order valence-corrected chi connectivity index (χ4v) is 2.22. The second kappa shape index (κ2) is 6.06. The van der Waals surface area contributed by atoms with Crippen LogP contribution in [-0.2, 0) is 6.42 Å². The van der Waals surface area contributed by atoms with Crippen molar-refractivity contribution in [2.24, 2.45) is 0 Å². The van der Waals surface area contributed by atoms with E-state index in [4.69, 9.17) is 0 Å². The van der Waals surface area contributed by atoms with Crippen LogP contribution in [0.5, 0.6) is 0 Å². The van der Waals surface area contributed by atoms with E-state index in [9.17, 15) is 5.26 Å². The SMILES string of the molecule is CCc1ccccc1C(C#N)Nc1cccc(C)c1. The molecule has 0 spiro atoms. The number of nitrogens with one attached hydrogen (secondary N) is 1. The van der Waals surface area contributed by atoms with Gasteiger partial charge in [-0.1, -0.05) is 43.3 Å². The van der Waals surface area contributed by atoms with Crippen molar-refractivity contribution in [1.29, 1.82) is 5.26 Å². The second-order valence-corrected chi connectivity index (χ2v) is 4.63. The van der Waals surface area contributed by atoms with E-state index in [0.29, 0.717) is 0 Å². The lowest BCUT2D eigenvalue weighted by Crippen LogP contribution is -2.10. The number of aryl methyl sites for hydroxylation is 2. The van der Waals surface area contributed by atoms with Gasteiger partial charge >= 0.3 is 0 Å². The number of rotatable bonds is 4. The van der Waals surface area contributed by atoms with Gasteiger partial charge in [0.15, 0.2) is 0 Å². The van der Waals surface area contributed by atoms with Crippen molar-refractivity contribution >= 4 is 5.69 Å². The van der Waals surface area contributed by atoms with Gasteiger partial charge in [0, 0.05) is 5.69 Å². The first kappa shape index (κ1) is 13.2. The molecule has 0 heterocycles. The third-order valence-electron chi connectivity index (χ3n) is 3.21. The predicted molar refractivity (Wildman–Crippen MR) is 79.0 cm³/mol. The first-order chi connectivity index (χ1) is 9.24. The molecule has 2 aromatic rings. The summed E-state index contributed by atoms with van der Waals surface area (Å²) in [6.45, 7) is 4.16. The quantitative estimate of drug-likeness (QED) is 0.881. The van der Waals surface area contributed by atoms with Crippen molar-refractivity contribution in [2.45, 2.75) is 26.3 Å². The van der Waals surface area contributed by atoms with Gasteiger partial charge in [-0.25, -0.2) is 0 Å². The summed E-state index contributed by atoms with van der Waals surface area (Å²) in [7, 11) is 0. The maximum Gasteiger partial charge on any atom is 0.140 e. The number of hydrogen-bond donors (Lipinski definition) is 1. The van der Waals surface area contributed by atoms with Crippen LogP contribution in [0.1, 0.15) is 29.7 Å². The van der Waals surface area contributed by atoms with Gasteiger partial charge in [-0.15, -0.1) is 0 Å². The minimum atomic E-state index is -0.307. The molecule has 19 heavy (non-hydrogen) atoms. The Morgan fingerprint density at radius 2 is 1.95 bits per heavy atom. The van der Waals surface area contributed by atoms with Gasteiger partial charge < -0.3 is 5.32 Å². The highest BCUT2D eigenvalue weighted by molar-refractivity contribution is 5.50. The fourth-order valence-electron chi connectivity index (χ4n) is 2.22. The van der Waals surface area contributed by atoms with Gasteiger partial charge in [0.25, 0.3) is 0 Å². The van der Waals surface area contributed by atoms with Crippen molar-refractivity contribution in [3.63, 3.8) is 0 Å². The van der Waals surface area contributed by atoms with E-state index >= 15 is 0 Å². The van der Waals surface area contributed by atoms with E-state index in [2.05, 4.69) is 30.4 Å². The van der Waals surface area contributed by atoms with E-state index in [0.717, 1.165) is 17.7 Å². The van der Waals surface area contributed by atoms with Crippen LogP contribution < -0.4 is 5.32 Å². The van der Waals surface area contributed by atoms with Gasteiger partial charge in [0.05, 0.1) is 6.07 Å². The highest BCUT2D eigenvalue weighted by Crippen LogP contribution is 2.23. The van der Waals surface area contributed by atoms with Crippen molar-refractivity contribution in [3.05, 3.63) is 65.2 Å². The molecule has 1 unspecified atom stereocenters. The van der Waals surface area contributed by atoms with Crippen LogP contribution in [0.2, 0.25) is 0 Å². The van der Waals surface area contributed by atoms with E-state index in [1.54, 1.807) is 0 Å². The summed E-state index contributed by atoms with van der Waals surface area (Å²) < 4.78 is 0. The minimum Gasteiger partial charge on any atom is -0.366 e. The largest absolute Gasteiger partial charge is 0.366 e. The van der Waals surface area contributed by atoms with E-state index in [-0.39, 0.29) is 6.04 Å². The molecule has 0 bridgehead atoms. The van der Waals surface area contributed by atoms with Crippen molar-refractivity contribution in [1.82, 2.24) is 0 Å². The summed E-state index contributed by atoms with van der Waals surface area (Å²) >= 11 is 0. The summed E-state index contributed by atoms with van der Waals surface area (Å²) in [5.41, 5.74) is 4.45. The lowest BCUT2D eigenvalue weighted by Gasteiger charge is -2.16. The molecule has 2 rings (SSSR count). The molecule has 0 amide bonds. The lowest BCUT2D eigenvalue weighted by molar-refractivity contribution is 0.953. The number of hydrogen-bond acceptors (Lipinski definition) is 2. The smallest absolute Gasteiger partial charge is 0.140 e. The van der Waals surface area contributed by atoms with E-state index in [1.807, 2.05) is 43.3 Å². The highest BCUT2D eigenvalue weighted by Gasteiger charge is 2.13. The summed E-state index contributed by atoms with van der Waals surface area (Å²) in [5, 5.41) is 12.7. The zero-order valence-corrected chi connectivity index (χ0v) is 11.4. The van der Waals surface area contributed by atoms with Crippen LogP contribution in [0.3, 0.4) is 0 Å². The summed E-state index contributed by atoms with van der Waals surface area (Å²) in [5.74, 6) is 0. The molecule has 2 nitrogen and oxygen atoms in total. The molecule has 0 aromatic heterocycles. The Bertz CT molecular complexity index is 596. The van der Waals surface area contributed by atoms with Crippen LogP contribution in [0.4, 0.5) is 5.69 Å². The van der Waals surface area contributed by atoms with Gasteiger partial charge in [-0.05, 0) is 42.2 Å². The van der Waals surface area contributed by atoms with Crippen LogP contribution in [-0.4, -0.2) is 0 Å². The Morgan fingerprint density at radius 1 is 1.16 bits per heavy atom. The molecule has 0 aliphatic rings. The Kier molecular flexibility index (Phi) is 4.20. The number of nitriles is 1. The zero-order valence-electron chi connectivity index (χ0n) is 11.4. The molecule has 0 aliphatic heterocycles. The Labute approximate surface area is 114 Å². The number of benzene rings is 2. The van der Waals surface area contributed by atoms with Crippen LogP contribution in [0.25, 0.3) is 0 Å². The van der Waals surface area contributed by atoms with Crippen molar-refractivity contribution in [2.75, 3.05) is 5.32 Å². The third kappa shape index (κ3) is 3.14. The molecule has 2 heteroatoms. The molecule has 1 N–H and O–H groups in total. The standard InChI is InChI=1S/C17H18N2/c1-3-14-8-4-5-10-16(14)17(12-18)19-15-9-6-7-13(2)11-15/h4-11,17,19H,3H2,1-2H3. The van der Waals surface area contributed by atoms with Crippen molar-refractivity contribution in [3.8, 4) is 6.07 Å². The van der Waals surface area contributed by atoms with Gasteiger partial charge in [-0.2, -0.15) is 5.26 Å². The predicted octanol–water partition coefficient (Wildman–Crippen LogP) is 4.23. The molecule has 1 atom stereocenters. The van der Waals surface area contributed by atoms with E-state index < -0.39 is 0 Å². The Balaban J connectivity index is 2.28. The van der Waals surface area contributed by atoms with Crippen LogP contribution in [0.15, 0.2) is 48.5 Å². The first-order valence-corrected chi connectivity index (χ1v) is 6.55. The lowest BCUT2D eigenvalue weighted by atomic mass is 9.99. The van der Waals surface area contributed by atoms with Crippen LogP contribution in [0, 0.1) is 18.3 Å². The van der Waals surface area contributed by atoms with Crippen molar-refractivity contribution < 1.29 is 0 Å². The van der Waals surface area contributed by atoms with Crippen LogP contribution >= 0.6 is 0 Å². The molecule has 96 valence electrons. The summed E-state index contributed by atoms with van der Waals surface area (Å²) in [6, 6.07) is 18.2. The number of anilines is 1. The average molecular weight is 250 g/mol. The van der Waals surface area contributed by atoms with Gasteiger partial charge in [-0.3, -0.25) is 0 Å². The fraction of sp³-hybridized carbons (Fsp3) is 0.235. The van der Waals surface area contributed by atoms with E-state index in [1.165, 1.54) is 11.1 Å². The number of nitrogens with zero attached hydrogens (tertiary/aromatic N) is 1. The molecule has 0 aliphatic carbocycles. The maximum absolute atomic E-state index is 9.42. The highest BCUT2D eigenvalue weighted by atomic mass is 14.9. The Morgan fingerprint density at radius 3 is 2.63 bits per heavy atom. The molecule has 0 radical (unpaired) electrons. The molecule has 0 fully saturated rings. The molecular weight excluding hydrogens is 232 g/mol. The minimum absolute atomic E-state index is 0.307. The Hall–Kier alpha value is -2.27. The normalized spacial score (nSPS) is 11.6. The van der Waals surface area contributed by atoms with Gasteiger partial charge in [0.1, 0.15) is 6.04 Å². The zero-order chi connectivity index (χ0) is 13.7. The molecular formula is C17H18N2. The third-order valence-corrected chi connectivity index (χ3v) is 3.21. The molecule has 0 saturated heterocycles. The monoisotopic (exact) mass is 250 g/mol. The molecule has 0 saturated carbocycles. The average Bonchev–Trinajstić information content (AvgIpc) is 2.45. The second-order valence-electron chi connectivity index (χ2n) is 4.63. The topological polar surface area (TPSA) is 35.8 Å². The first-order valence-electron chi connectivity index (χ1n) is 6.55. The summed E-state index contributed by atoms with van der Waals surface area (Å²) in [4.78, 5) is 0. The molecule has 2 aromatic carbocycles. The summed E-state index contributed by atoms with van der Waals surface area (Å²) in [6.07, 6.45) is 0.934. The van der Waals surface area contributed by atoms with Gasteiger partial charge in [0.2, 0.25) is 0 Å². The maximum atomic E-state index is 9.42.